The molecule has 0 saturated carbocycles. The molecule has 6 nitrogen and oxygen atoms in total. The maximum Gasteiger partial charge on any atom is 0.234 e. The van der Waals surface area contributed by atoms with Gasteiger partial charge in [-0.25, -0.2) is 4.98 Å². The van der Waals surface area contributed by atoms with Gasteiger partial charge in [0.05, 0.1) is 16.8 Å². The highest BCUT2D eigenvalue weighted by molar-refractivity contribution is 8.00. The van der Waals surface area contributed by atoms with E-state index in [1.165, 1.54) is 17.3 Å². The number of nitrogens with zero attached hydrogens (tertiary/aromatic N) is 4. The van der Waals surface area contributed by atoms with Crippen LogP contribution in [0.15, 0.2) is 59.9 Å². The van der Waals surface area contributed by atoms with Crippen molar-refractivity contribution in [3.63, 3.8) is 0 Å². The van der Waals surface area contributed by atoms with Crippen LogP contribution in [0.3, 0.4) is 0 Å². The molecule has 7 heteroatoms. The fourth-order valence-corrected chi connectivity index (χ4v) is 3.50. The summed E-state index contributed by atoms with van der Waals surface area (Å²) in [6, 6.07) is 15.7. The van der Waals surface area contributed by atoms with Gasteiger partial charge in [0.25, 0.3) is 0 Å². The molecule has 0 fully saturated rings. The number of aryl methyl sites for hydroxylation is 1. The summed E-state index contributed by atoms with van der Waals surface area (Å²) in [6.07, 6.45) is 2.64. The van der Waals surface area contributed by atoms with E-state index in [1.54, 1.807) is 6.33 Å². The molecule has 2 aromatic carbocycles. The molecule has 0 radical (unpaired) electrons. The summed E-state index contributed by atoms with van der Waals surface area (Å²) in [6.45, 7) is 2.10. The first-order valence-electron chi connectivity index (χ1n) is 8.34. The van der Waals surface area contributed by atoms with Crippen molar-refractivity contribution in [2.45, 2.75) is 18.4 Å². The molecule has 4 rings (SSSR count). The highest BCUT2D eigenvalue weighted by Gasteiger charge is 2.12. The van der Waals surface area contributed by atoms with Crippen LogP contribution in [-0.4, -0.2) is 31.2 Å². The quantitative estimate of drug-likeness (QED) is 0.549. The number of carbonyl (C=O) groups excluding carboxylic acids is 1. The molecular formula is C19H17N5OS. The zero-order valence-corrected chi connectivity index (χ0v) is 15.0. The lowest BCUT2D eigenvalue weighted by Crippen LogP contribution is -2.14. The van der Waals surface area contributed by atoms with Crippen LogP contribution < -0.4 is 5.32 Å². The van der Waals surface area contributed by atoms with Crippen LogP contribution in [0.25, 0.3) is 16.7 Å². The summed E-state index contributed by atoms with van der Waals surface area (Å²) in [7, 11) is 0. The summed E-state index contributed by atoms with van der Waals surface area (Å²) < 4.78 is 1.89. The summed E-state index contributed by atoms with van der Waals surface area (Å²) in [5.74, 6) is 0.176. The Morgan fingerprint density at radius 3 is 2.77 bits per heavy atom. The first-order chi connectivity index (χ1) is 12.7. The largest absolute Gasteiger partial charge is 0.325 e. The predicted molar refractivity (Wildman–Crippen MR) is 103 cm³/mol. The monoisotopic (exact) mass is 363 g/mol. The van der Waals surface area contributed by atoms with Gasteiger partial charge >= 0.3 is 0 Å². The van der Waals surface area contributed by atoms with E-state index < -0.39 is 0 Å². The van der Waals surface area contributed by atoms with E-state index in [0.29, 0.717) is 10.7 Å². The lowest BCUT2D eigenvalue weighted by Gasteiger charge is -2.07. The number of para-hydroxylation sites is 2. The van der Waals surface area contributed by atoms with Crippen LogP contribution >= 0.6 is 11.8 Å². The van der Waals surface area contributed by atoms with E-state index in [4.69, 9.17) is 0 Å². The van der Waals surface area contributed by atoms with Crippen molar-refractivity contribution in [2.75, 3.05) is 11.1 Å². The predicted octanol–water partition coefficient (Wildman–Crippen LogP) is 3.57. The number of fused-ring (bicyclic) bond motifs is 3. The molecule has 1 amide bonds. The van der Waals surface area contributed by atoms with Gasteiger partial charge in [0, 0.05) is 5.69 Å². The Balaban J connectivity index is 1.51. The smallest absolute Gasteiger partial charge is 0.234 e. The summed E-state index contributed by atoms with van der Waals surface area (Å²) in [5, 5.41) is 11.7. The number of carbonyl (C=O) groups is 1. The van der Waals surface area contributed by atoms with Gasteiger partial charge in [-0.3, -0.25) is 9.20 Å². The zero-order chi connectivity index (χ0) is 17.9. The third-order valence-electron chi connectivity index (χ3n) is 4.09. The highest BCUT2D eigenvalue weighted by Crippen LogP contribution is 2.24. The zero-order valence-electron chi connectivity index (χ0n) is 14.2. The average molecular weight is 363 g/mol. The average Bonchev–Trinajstić information content (AvgIpc) is 3.17. The first kappa shape index (κ1) is 16.5. The molecular weight excluding hydrogens is 346 g/mol. The SMILES string of the molecule is CCc1ccc(NC(=O)CSc2nc3ccccc3n3cnnc23)cc1. The molecule has 26 heavy (non-hydrogen) atoms. The normalized spacial score (nSPS) is 11.1. The topological polar surface area (TPSA) is 72.2 Å². The minimum atomic E-state index is -0.0770. The third kappa shape index (κ3) is 3.25. The number of hydrogen-bond acceptors (Lipinski definition) is 5. The summed E-state index contributed by atoms with van der Waals surface area (Å²) >= 11 is 1.36. The standard InChI is InChI=1S/C19H17N5OS/c1-2-13-7-9-14(10-8-13)21-17(25)11-26-19-18-23-20-12-24(18)16-6-4-3-5-15(16)22-19/h3-10,12H,2,11H2,1H3,(H,21,25). The van der Waals surface area contributed by atoms with E-state index in [9.17, 15) is 4.79 Å². The molecule has 2 aromatic heterocycles. The van der Waals surface area contributed by atoms with Crippen molar-refractivity contribution < 1.29 is 4.79 Å². The third-order valence-corrected chi connectivity index (χ3v) is 5.04. The molecule has 0 aliphatic carbocycles. The second-order valence-electron chi connectivity index (χ2n) is 5.82. The van der Waals surface area contributed by atoms with Gasteiger partial charge in [0.15, 0.2) is 5.65 Å². The molecule has 4 aromatic rings. The maximum atomic E-state index is 12.3. The molecule has 0 aliphatic rings. The van der Waals surface area contributed by atoms with E-state index in [-0.39, 0.29) is 11.7 Å². The fourth-order valence-electron chi connectivity index (χ4n) is 2.73. The number of nitrogens with one attached hydrogen (secondary N) is 1. The Kier molecular flexibility index (Phi) is 4.53. The fraction of sp³-hybridized carbons (Fsp3) is 0.158. The second-order valence-corrected chi connectivity index (χ2v) is 6.78. The van der Waals surface area contributed by atoms with Gasteiger partial charge in [-0.2, -0.15) is 0 Å². The molecule has 0 atom stereocenters. The van der Waals surface area contributed by atoms with Gasteiger partial charge in [0.1, 0.15) is 11.4 Å². The molecule has 0 aliphatic heterocycles. The van der Waals surface area contributed by atoms with Gasteiger partial charge in [-0.15, -0.1) is 10.2 Å². The highest BCUT2D eigenvalue weighted by atomic mass is 32.2. The van der Waals surface area contributed by atoms with Crippen molar-refractivity contribution in [2.24, 2.45) is 0 Å². The molecule has 130 valence electrons. The molecule has 0 bridgehead atoms. The van der Waals surface area contributed by atoms with Crippen molar-refractivity contribution >= 4 is 40.0 Å². The minimum Gasteiger partial charge on any atom is -0.325 e. The lowest BCUT2D eigenvalue weighted by atomic mass is 10.1. The first-order valence-corrected chi connectivity index (χ1v) is 9.33. The number of rotatable bonds is 5. The van der Waals surface area contributed by atoms with Gasteiger partial charge in [0.2, 0.25) is 5.91 Å². The van der Waals surface area contributed by atoms with Crippen molar-refractivity contribution in [1.29, 1.82) is 0 Å². The Hall–Kier alpha value is -2.93. The number of benzene rings is 2. The number of amides is 1. The van der Waals surface area contributed by atoms with Crippen LogP contribution in [0.5, 0.6) is 0 Å². The minimum absolute atomic E-state index is 0.0770. The van der Waals surface area contributed by atoms with Crippen molar-refractivity contribution in [3.8, 4) is 0 Å². The van der Waals surface area contributed by atoms with Crippen LogP contribution in [0.2, 0.25) is 0 Å². The van der Waals surface area contributed by atoms with Crippen molar-refractivity contribution in [3.05, 3.63) is 60.4 Å². The Morgan fingerprint density at radius 2 is 1.96 bits per heavy atom. The maximum absolute atomic E-state index is 12.3. The Bertz CT molecular complexity index is 1070. The lowest BCUT2D eigenvalue weighted by molar-refractivity contribution is -0.113. The van der Waals surface area contributed by atoms with Gasteiger partial charge in [-0.1, -0.05) is 43.0 Å². The summed E-state index contributed by atoms with van der Waals surface area (Å²) in [4.78, 5) is 16.9. The number of anilines is 1. The summed E-state index contributed by atoms with van der Waals surface area (Å²) in [5.41, 5.74) is 4.49. The molecule has 2 heterocycles. The van der Waals surface area contributed by atoms with E-state index in [0.717, 1.165) is 23.1 Å². The Morgan fingerprint density at radius 1 is 1.15 bits per heavy atom. The van der Waals surface area contributed by atoms with Crippen LogP contribution in [0.4, 0.5) is 5.69 Å². The molecule has 1 N–H and O–H groups in total. The van der Waals surface area contributed by atoms with Crippen LogP contribution in [0.1, 0.15) is 12.5 Å². The second kappa shape index (κ2) is 7.13. The van der Waals surface area contributed by atoms with Gasteiger partial charge < -0.3 is 5.32 Å². The molecule has 0 unspecified atom stereocenters. The van der Waals surface area contributed by atoms with E-state index in [2.05, 4.69) is 27.4 Å². The van der Waals surface area contributed by atoms with Gasteiger partial charge in [-0.05, 0) is 36.2 Å². The molecule has 0 spiro atoms. The number of thioether (sulfide) groups is 1. The van der Waals surface area contributed by atoms with Crippen molar-refractivity contribution in [1.82, 2.24) is 19.6 Å². The number of aromatic nitrogens is 4. The van der Waals surface area contributed by atoms with Crippen LogP contribution in [-0.2, 0) is 11.2 Å². The Labute approximate surface area is 154 Å². The van der Waals surface area contributed by atoms with Crippen LogP contribution in [0, 0.1) is 0 Å². The van der Waals surface area contributed by atoms with E-state index >= 15 is 0 Å². The number of hydrogen-bond donors (Lipinski definition) is 1. The molecule has 0 saturated heterocycles. The van der Waals surface area contributed by atoms with E-state index in [1.807, 2.05) is 52.9 Å².